The van der Waals surface area contributed by atoms with Crippen molar-refractivity contribution in [2.45, 2.75) is 106 Å². The number of fused-ring (bicyclic) bond motifs is 5. The van der Waals surface area contributed by atoms with Gasteiger partial charge in [-0.05, 0) is 99.7 Å². The van der Waals surface area contributed by atoms with E-state index in [9.17, 15) is 5.11 Å². The van der Waals surface area contributed by atoms with E-state index in [1.165, 1.54) is 50.5 Å². The topological polar surface area (TPSA) is 20.2 Å². The highest BCUT2D eigenvalue weighted by Gasteiger charge is 2.60. The molecule has 0 heterocycles. The van der Waals surface area contributed by atoms with Gasteiger partial charge in [-0.15, -0.1) is 0 Å². The number of aliphatic hydroxyl groups is 1. The van der Waals surface area contributed by atoms with Crippen molar-refractivity contribution in [1.29, 1.82) is 0 Å². The van der Waals surface area contributed by atoms with Crippen LogP contribution in [-0.2, 0) is 0 Å². The van der Waals surface area contributed by atoms with Crippen molar-refractivity contribution in [3.63, 3.8) is 0 Å². The normalized spacial score (nSPS) is 42.9. The minimum atomic E-state index is -0.124. The van der Waals surface area contributed by atoms with Crippen molar-refractivity contribution in [2.75, 3.05) is 0 Å². The van der Waals surface area contributed by atoms with E-state index in [1.807, 2.05) is 0 Å². The van der Waals surface area contributed by atoms with E-state index in [4.69, 9.17) is 0 Å². The maximum Gasteiger partial charge on any atom is 0.0594 e. The number of aliphatic hydroxyl groups excluding tert-OH is 1. The zero-order chi connectivity index (χ0) is 21.9. The number of rotatable bonds is 4. The van der Waals surface area contributed by atoms with Crippen LogP contribution in [0.1, 0.15) is 99.8 Å². The van der Waals surface area contributed by atoms with Crippen LogP contribution >= 0.6 is 0 Å². The third-order valence-electron chi connectivity index (χ3n) is 10.4. The Kier molecular flexibility index (Phi) is 5.70. The van der Waals surface area contributed by atoms with Gasteiger partial charge >= 0.3 is 0 Å². The lowest BCUT2D eigenvalue weighted by Crippen LogP contribution is -2.58. The summed E-state index contributed by atoms with van der Waals surface area (Å²) in [7, 11) is 0. The second-order valence-corrected chi connectivity index (χ2v) is 12.6. The molecule has 0 saturated heterocycles. The van der Waals surface area contributed by atoms with Crippen LogP contribution in [0, 0.1) is 39.9 Å². The van der Waals surface area contributed by atoms with Gasteiger partial charge in [-0.3, -0.25) is 0 Å². The molecule has 0 aromatic heterocycles. The molecule has 4 rings (SSSR count). The molecule has 3 saturated carbocycles. The highest BCUT2D eigenvalue weighted by atomic mass is 16.3. The van der Waals surface area contributed by atoms with Crippen molar-refractivity contribution in [3.8, 4) is 0 Å². The van der Waals surface area contributed by atoms with Crippen molar-refractivity contribution in [1.82, 2.24) is 0 Å². The quantitative estimate of drug-likeness (QED) is 0.467. The Morgan fingerprint density at radius 1 is 1.07 bits per heavy atom. The predicted molar refractivity (Wildman–Crippen MR) is 128 cm³/mol. The molecule has 1 heteroatoms. The SMILES string of the molecule is CC(C)=CCC[C@@H](C)C1=CC=C2[C@@H]3CC[C@H]4C(C)(C)[C@@H](O)CC[C@]4(C)[C@H]3CC[C@]12C. The molecule has 0 amide bonds. The zero-order valence-electron chi connectivity index (χ0n) is 20.7. The largest absolute Gasteiger partial charge is 0.393 e. The monoisotopic (exact) mass is 410 g/mol. The maximum atomic E-state index is 10.8. The lowest BCUT2D eigenvalue weighted by atomic mass is 9.42. The molecule has 0 aliphatic heterocycles. The Balaban J connectivity index is 1.54. The lowest BCUT2D eigenvalue weighted by Gasteiger charge is -2.63. The van der Waals surface area contributed by atoms with Crippen LogP contribution in [0.25, 0.3) is 0 Å². The van der Waals surface area contributed by atoms with Crippen LogP contribution in [0.2, 0.25) is 0 Å². The lowest BCUT2D eigenvalue weighted by molar-refractivity contribution is -0.154. The summed E-state index contributed by atoms with van der Waals surface area (Å²) in [5, 5.41) is 10.8. The second-order valence-electron chi connectivity index (χ2n) is 12.6. The molecule has 3 fully saturated rings. The zero-order valence-corrected chi connectivity index (χ0v) is 20.7. The van der Waals surface area contributed by atoms with E-state index >= 15 is 0 Å². The van der Waals surface area contributed by atoms with Crippen molar-refractivity contribution in [2.24, 2.45) is 39.9 Å². The van der Waals surface area contributed by atoms with E-state index in [0.29, 0.717) is 22.7 Å². The van der Waals surface area contributed by atoms with Gasteiger partial charge in [-0.1, -0.05) is 69.6 Å². The van der Waals surface area contributed by atoms with Gasteiger partial charge in [-0.2, -0.15) is 0 Å². The van der Waals surface area contributed by atoms with E-state index in [1.54, 1.807) is 11.1 Å². The standard InChI is InChI=1S/C29H46O/c1-19(2)9-8-10-20(3)22-12-13-23-21-11-14-25-27(4,5)26(30)16-18-29(25,7)24(21)15-17-28(22,23)6/h9,12-13,20-21,24-26,30H,8,10-11,14-18H2,1-7H3/t20-,21+,24+,25+,26+,28-,29-/m1/s1. The first-order valence-corrected chi connectivity index (χ1v) is 12.8. The van der Waals surface area contributed by atoms with Gasteiger partial charge in [0.2, 0.25) is 0 Å². The summed E-state index contributed by atoms with van der Waals surface area (Å²) < 4.78 is 0. The molecule has 1 nitrogen and oxygen atoms in total. The van der Waals surface area contributed by atoms with Crippen LogP contribution in [0.4, 0.5) is 0 Å². The molecular formula is C29H46O. The number of hydrogen-bond donors (Lipinski definition) is 1. The summed E-state index contributed by atoms with van der Waals surface area (Å²) >= 11 is 0. The average Bonchev–Trinajstić information content (AvgIpc) is 3.02. The van der Waals surface area contributed by atoms with Gasteiger partial charge in [0.1, 0.15) is 0 Å². The molecule has 0 aromatic rings. The molecular weight excluding hydrogens is 364 g/mol. The summed E-state index contributed by atoms with van der Waals surface area (Å²) in [6.07, 6.45) is 17.4. The van der Waals surface area contributed by atoms with Gasteiger partial charge in [-0.25, -0.2) is 0 Å². The van der Waals surface area contributed by atoms with Crippen LogP contribution in [0.3, 0.4) is 0 Å². The van der Waals surface area contributed by atoms with Crippen LogP contribution < -0.4 is 0 Å². The molecule has 0 unspecified atom stereocenters. The molecule has 0 aromatic carbocycles. The van der Waals surface area contributed by atoms with Gasteiger partial charge in [0, 0.05) is 5.41 Å². The molecule has 1 N–H and O–H groups in total. The molecule has 4 aliphatic carbocycles. The molecule has 0 radical (unpaired) electrons. The molecule has 4 aliphatic rings. The Morgan fingerprint density at radius 3 is 2.50 bits per heavy atom. The van der Waals surface area contributed by atoms with E-state index < -0.39 is 0 Å². The first-order chi connectivity index (χ1) is 14.0. The minimum Gasteiger partial charge on any atom is -0.393 e. The average molecular weight is 411 g/mol. The van der Waals surface area contributed by atoms with E-state index in [-0.39, 0.29) is 11.5 Å². The van der Waals surface area contributed by atoms with Gasteiger partial charge in [0.15, 0.2) is 0 Å². The third kappa shape index (κ3) is 3.30. The smallest absolute Gasteiger partial charge is 0.0594 e. The Morgan fingerprint density at radius 2 is 1.80 bits per heavy atom. The van der Waals surface area contributed by atoms with Crippen molar-refractivity contribution >= 4 is 0 Å². The van der Waals surface area contributed by atoms with Crippen LogP contribution in [0.5, 0.6) is 0 Å². The Bertz CT molecular complexity index is 763. The van der Waals surface area contributed by atoms with Gasteiger partial charge in [0.25, 0.3) is 0 Å². The maximum absolute atomic E-state index is 10.8. The summed E-state index contributed by atoms with van der Waals surface area (Å²) in [6.45, 7) is 16.7. The van der Waals surface area contributed by atoms with E-state index in [2.05, 4.69) is 66.7 Å². The van der Waals surface area contributed by atoms with Crippen molar-refractivity contribution in [3.05, 3.63) is 34.9 Å². The molecule has 168 valence electrons. The Labute approximate surface area is 186 Å². The van der Waals surface area contributed by atoms with Gasteiger partial charge < -0.3 is 5.11 Å². The first kappa shape index (κ1) is 22.4. The van der Waals surface area contributed by atoms with Crippen LogP contribution in [0.15, 0.2) is 34.9 Å². The van der Waals surface area contributed by atoms with Crippen LogP contribution in [-0.4, -0.2) is 11.2 Å². The highest BCUT2D eigenvalue weighted by molar-refractivity contribution is 5.44. The summed E-state index contributed by atoms with van der Waals surface area (Å²) in [6, 6.07) is 0. The Hall–Kier alpha value is -0.820. The summed E-state index contributed by atoms with van der Waals surface area (Å²) in [5.74, 6) is 2.90. The van der Waals surface area contributed by atoms with E-state index in [0.717, 1.165) is 18.3 Å². The predicted octanol–water partition coefficient (Wildman–Crippen LogP) is 7.87. The molecule has 0 bridgehead atoms. The second kappa shape index (κ2) is 7.65. The fourth-order valence-electron chi connectivity index (χ4n) is 8.60. The fourth-order valence-corrected chi connectivity index (χ4v) is 8.60. The summed E-state index contributed by atoms with van der Waals surface area (Å²) in [5.41, 5.74) is 5.69. The minimum absolute atomic E-state index is 0.0611. The number of hydrogen-bond acceptors (Lipinski definition) is 1. The fraction of sp³-hybridized carbons (Fsp3) is 0.793. The van der Waals surface area contributed by atoms with Crippen molar-refractivity contribution < 1.29 is 5.11 Å². The highest BCUT2D eigenvalue weighted by Crippen LogP contribution is 2.68. The summed E-state index contributed by atoms with van der Waals surface area (Å²) in [4.78, 5) is 0. The van der Waals surface area contributed by atoms with Gasteiger partial charge in [0.05, 0.1) is 6.10 Å². The number of allylic oxidation sites excluding steroid dienone is 6. The molecule has 7 atom stereocenters. The molecule has 0 spiro atoms. The molecule has 30 heavy (non-hydrogen) atoms. The third-order valence-corrected chi connectivity index (χ3v) is 10.4. The first-order valence-electron chi connectivity index (χ1n) is 12.8.